The van der Waals surface area contributed by atoms with E-state index in [9.17, 15) is 4.79 Å². The van der Waals surface area contributed by atoms with Gasteiger partial charge in [-0.05, 0) is 30.9 Å². The minimum absolute atomic E-state index is 0.245. The number of fused-ring (bicyclic) bond motifs is 1. The molecule has 1 aliphatic rings. The highest BCUT2D eigenvalue weighted by Crippen LogP contribution is 2.27. The number of anilines is 1. The molecular formula is C21H26N6O2. The van der Waals surface area contributed by atoms with Crippen LogP contribution in [0.3, 0.4) is 0 Å². The average molecular weight is 394 g/mol. The van der Waals surface area contributed by atoms with E-state index in [1.54, 1.807) is 11.1 Å². The Labute approximate surface area is 169 Å². The average Bonchev–Trinajstić information content (AvgIpc) is 3.19. The van der Waals surface area contributed by atoms with Crippen LogP contribution in [-0.4, -0.2) is 56.8 Å². The summed E-state index contributed by atoms with van der Waals surface area (Å²) in [5.41, 5.74) is 3.80. The van der Waals surface area contributed by atoms with E-state index in [1.807, 2.05) is 35.1 Å². The van der Waals surface area contributed by atoms with Crippen LogP contribution in [0.25, 0.3) is 16.9 Å². The molecule has 1 N–H and O–H groups in total. The highest BCUT2D eigenvalue weighted by molar-refractivity contribution is 5.68. The maximum atomic E-state index is 11.7. The molecule has 1 amide bonds. The Morgan fingerprint density at radius 2 is 2.07 bits per heavy atom. The number of piperidine rings is 1. The second kappa shape index (κ2) is 8.06. The van der Waals surface area contributed by atoms with E-state index < -0.39 is 0 Å². The number of aromatic nitrogens is 4. The molecule has 1 aliphatic heterocycles. The van der Waals surface area contributed by atoms with Crippen molar-refractivity contribution in [1.82, 2.24) is 24.5 Å². The van der Waals surface area contributed by atoms with E-state index in [4.69, 9.17) is 9.72 Å². The second-order valence-corrected chi connectivity index (χ2v) is 7.63. The number of ether oxygens (including phenoxy) is 1. The van der Waals surface area contributed by atoms with Crippen molar-refractivity contribution in [2.75, 3.05) is 25.5 Å². The lowest BCUT2D eigenvalue weighted by Gasteiger charge is -2.31. The summed E-state index contributed by atoms with van der Waals surface area (Å²) >= 11 is 0. The quantitative estimate of drug-likeness (QED) is 0.728. The van der Waals surface area contributed by atoms with Crippen molar-refractivity contribution in [2.45, 2.75) is 38.6 Å². The number of pyridine rings is 1. The summed E-state index contributed by atoms with van der Waals surface area (Å²) < 4.78 is 6.71. The summed E-state index contributed by atoms with van der Waals surface area (Å²) in [6.45, 7) is 5.63. The van der Waals surface area contributed by atoms with Crippen LogP contribution in [-0.2, 0) is 4.74 Å². The maximum Gasteiger partial charge on any atom is 0.409 e. The van der Waals surface area contributed by atoms with Crippen LogP contribution in [0.5, 0.6) is 0 Å². The van der Waals surface area contributed by atoms with Gasteiger partial charge in [0.1, 0.15) is 5.82 Å². The zero-order valence-corrected chi connectivity index (χ0v) is 17.0. The van der Waals surface area contributed by atoms with Gasteiger partial charge in [-0.1, -0.05) is 13.8 Å². The zero-order valence-electron chi connectivity index (χ0n) is 17.0. The SMILES string of the molecule is COC(=O)N1CCC(Nc2cc(-c3cccnc3)nc3c(C(C)C)cnn23)CC1. The maximum absolute atomic E-state index is 11.7. The third-order valence-corrected chi connectivity index (χ3v) is 5.36. The standard InChI is InChI=1S/C21H26N6O2/c1-14(2)17-13-23-27-19(24-16-6-9-26(10-7-16)21(28)29-3)11-18(25-20(17)27)15-5-4-8-22-12-15/h4-5,8,11-14,16,24H,6-7,9-10H2,1-3H3. The van der Waals surface area contributed by atoms with Crippen LogP contribution in [0.15, 0.2) is 36.8 Å². The molecule has 0 unspecified atom stereocenters. The number of amides is 1. The van der Waals surface area contributed by atoms with Gasteiger partial charge in [0.25, 0.3) is 0 Å². The summed E-state index contributed by atoms with van der Waals surface area (Å²) in [6, 6.07) is 6.19. The summed E-state index contributed by atoms with van der Waals surface area (Å²) in [7, 11) is 1.42. The third-order valence-electron chi connectivity index (χ3n) is 5.36. The molecule has 152 valence electrons. The molecule has 0 saturated carbocycles. The predicted octanol–water partition coefficient (Wildman–Crippen LogP) is 3.56. The molecule has 0 radical (unpaired) electrons. The lowest BCUT2D eigenvalue weighted by Crippen LogP contribution is -2.42. The van der Waals surface area contributed by atoms with Crippen molar-refractivity contribution in [1.29, 1.82) is 0 Å². The van der Waals surface area contributed by atoms with Crippen molar-refractivity contribution in [3.63, 3.8) is 0 Å². The van der Waals surface area contributed by atoms with Gasteiger partial charge >= 0.3 is 6.09 Å². The normalized spacial score (nSPS) is 15.1. The van der Waals surface area contributed by atoms with Crippen LogP contribution in [0, 0.1) is 0 Å². The van der Waals surface area contributed by atoms with Gasteiger partial charge in [0, 0.05) is 48.7 Å². The molecule has 1 fully saturated rings. The molecule has 0 spiro atoms. The van der Waals surface area contributed by atoms with Crippen LogP contribution < -0.4 is 5.32 Å². The molecule has 1 saturated heterocycles. The Hall–Kier alpha value is -3.16. The molecule has 4 heterocycles. The van der Waals surface area contributed by atoms with E-state index in [1.165, 1.54) is 7.11 Å². The Kier molecular flexibility index (Phi) is 5.33. The molecule has 0 aliphatic carbocycles. The molecule has 3 aromatic rings. The lowest BCUT2D eigenvalue weighted by atomic mass is 10.1. The van der Waals surface area contributed by atoms with E-state index >= 15 is 0 Å². The first kappa shape index (κ1) is 19.2. The fraction of sp³-hybridized carbons (Fsp3) is 0.429. The van der Waals surface area contributed by atoms with Crippen LogP contribution in [0.4, 0.5) is 10.6 Å². The Morgan fingerprint density at radius 3 is 2.72 bits per heavy atom. The largest absolute Gasteiger partial charge is 0.453 e. The first-order chi connectivity index (χ1) is 14.1. The van der Waals surface area contributed by atoms with Crippen molar-refractivity contribution in [3.8, 4) is 11.3 Å². The van der Waals surface area contributed by atoms with E-state index in [0.717, 1.165) is 41.1 Å². The monoisotopic (exact) mass is 394 g/mol. The van der Waals surface area contributed by atoms with E-state index in [0.29, 0.717) is 19.0 Å². The third kappa shape index (κ3) is 3.87. The van der Waals surface area contributed by atoms with Gasteiger partial charge in [-0.2, -0.15) is 9.61 Å². The van der Waals surface area contributed by atoms with Crippen LogP contribution in [0.1, 0.15) is 38.2 Å². The lowest BCUT2D eigenvalue weighted by molar-refractivity contribution is 0.113. The molecular weight excluding hydrogens is 368 g/mol. The number of nitrogens with one attached hydrogen (secondary N) is 1. The molecule has 4 rings (SSSR count). The number of rotatable bonds is 4. The summed E-state index contributed by atoms with van der Waals surface area (Å²) in [4.78, 5) is 22.6. The Morgan fingerprint density at radius 1 is 1.28 bits per heavy atom. The Bertz CT molecular complexity index is 993. The number of hydrogen-bond donors (Lipinski definition) is 1. The van der Waals surface area contributed by atoms with Gasteiger partial charge in [-0.25, -0.2) is 9.78 Å². The smallest absolute Gasteiger partial charge is 0.409 e. The summed E-state index contributed by atoms with van der Waals surface area (Å²) in [5, 5.41) is 8.21. The molecule has 29 heavy (non-hydrogen) atoms. The summed E-state index contributed by atoms with van der Waals surface area (Å²) in [5.74, 6) is 1.22. The van der Waals surface area contributed by atoms with Crippen molar-refractivity contribution in [2.24, 2.45) is 0 Å². The van der Waals surface area contributed by atoms with Gasteiger partial charge in [0.05, 0.1) is 19.0 Å². The number of nitrogens with zero attached hydrogens (tertiary/aromatic N) is 5. The molecule has 0 aromatic carbocycles. The minimum Gasteiger partial charge on any atom is -0.453 e. The minimum atomic E-state index is -0.262. The van der Waals surface area contributed by atoms with E-state index in [-0.39, 0.29) is 12.1 Å². The van der Waals surface area contributed by atoms with Crippen molar-refractivity contribution in [3.05, 3.63) is 42.4 Å². The number of likely N-dealkylation sites (tertiary alicyclic amines) is 1. The van der Waals surface area contributed by atoms with E-state index in [2.05, 4.69) is 29.2 Å². The number of carbonyl (C=O) groups excluding carboxylic acids is 1. The van der Waals surface area contributed by atoms with Crippen LogP contribution in [0.2, 0.25) is 0 Å². The van der Waals surface area contributed by atoms with Gasteiger partial charge in [0.2, 0.25) is 0 Å². The summed E-state index contributed by atoms with van der Waals surface area (Å²) in [6.07, 6.45) is 6.91. The molecule has 8 heteroatoms. The van der Waals surface area contributed by atoms with Gasteiger partial charge in [-0.15, -0.1) is 0 Å². The van der Waals surface area contributed by atoms with Gasteiger partial charge in [0.15, 0.2) is 5.65 Å². The highest BCUT2D eigenvalue weighted by atomic mass is 16.5. The van der Waals surface area contributed by atoms with Crippen molar-refractivity contribution < 1.29 is 9.53 Å². The molecule has 0 bridgehead atoms. The Balaban J connectivity index is 1.66. The fourth-order valence-corrected chi connectivity index (χ4v) is 3.70. The predicted molar refractivity (Wildman–Crippen MR) is 111 cm³/mol. The van der Waals surface area contributed by atoms with Crippen LogP contribution >= 0.6 is 0 Å². The topological polar surface area (TPSA) is 84.6 Å². The van der Waals surface area contributed by atoms with Gasteiger partial charge in [-0.3, -0.25) is 4.98 Å². The first-order valence-corrected chi connectivity index (χ1v) is 9.95. The highest BCUT2D eigenvalue weighted by Gasteiger charge is 2.24. The number of carbonyl (C=O) groups is 1. The second-order valence-electron chi connectivity index (χ2n) is 7.63. The number of methoxy groups -OCH3 is 1. The molecule has 3 aromatic heterocycles. The molecule has 0 atom stereocenters. The van der Waals surface area contributed by atoms with Gasteiger partial charge < -0.3 is 15.0 Å². The zero-order chi connectivity index (χ0) is 20.4. The fourth-order valence-electron chi connectivity index (χ4n) is 3.70. The number of hydrogen-bond acceptors (Lipinski definition) is 6. The molecule has 8 nitrogen and oxygen atoms in total. The van der Waals surface area contributed by atoms with Crippen molar-refractivity contribution >= 4 is 17.6 Å². The first-order valence-electron chi connectivity index (χ1n) is 9.95.